The summed E-state index contributed by atoms with van der Waals surface area (Å²) < 4.78 is 9.91. The van der Waals surface area contributed by atoms with Crippen molar-refractivity contribution in [2.75, 3.05) is 27.3 Å². The summed E-state index contributed by atoms with van der Waals surface area (Å²) in [7, 11) is 3.05. The molecule has 0 unspecified atom stereocenters. The van der Waals surface area contributed by atoms with Crippen molar-refractivity contribution in [2.24, 2.45) is 5.92 Å². The normalized spacial score (nSPS) is 17.1. The Kier molecular flexibility index (Phi) is 6.61. The summed E-state index contributed by atoms with van der Waals surface area (Å²) in [6.45, 7) is 3.86. The molecule has 1 amide bonds. The summed E-state index contributed by atoms with van der Waals surface area (Å²) in [4.78, 5) is 26.0. The molecule has 0 bridgehead atoms. The molecule has 1 heterocycles. The van der Waals surface area contributed by atoms with Crippen LogP contribution < -0.4 is 10.1 Å². The standard InChI is InChI=1S/C18H26N2O4/c1-13(20-10-8-15(9-11-20)18(22)24-3)17(21)19-12-14-4-6-16(23-2)7-5-14/h4-7,13,15H,8-12H2,1-3H3,(H,19,21)/t13-/m0/s1. The molecule has 1 aliphatic rings. The predicted octanol–water partition coefficient (Wildman–Crippen LogP) is 1.58. The van der Waals surface area contributed by atoms with Gasteiger partial charge < -0.3 is 14.8 Å². The molecule has 1 fully saturated rings. The largest absolute Gasteiger partial charge is 0.497 e. The van der Waals surface area contributed by atoms with Crippen LogP contribution in [0.5, 0.6) is 5.75 Å². The van der Waals surface area contributed by atoms with Gasteiger partial charge in [0.2, 0.25) is 5.91 Å². The number of likely N-dealkylation sites (tertiary alicyclic amines) is 1. The summed E-state index contributed by atoms with van der Waals surface area (Å²) in [6, 6.07) is 7.42. The molecule has 1 aromatic rings. The molecule has 1 aromatic carbocycles. The second-order valence-corrected chi connectivity index (χ2v) is 6.08. The first kappa shape index (κ1) is 18.3. The second kappa shape index (κ2) is 8.68. The average molecular weight is 334 g/mol. The Bertz CT molecular complexity index is 551. The van der Waals surface area contributed by atoms with Crippen LogP contribution in [0, 0.1) is 5.92 Å². The van der Waals surface area contributed by atoms with E-state index in [1.165, 1.54) is 7.11 Å². The van der Waals surface area contributed by atoms with Gasteiger partial charge in [0.05, 0.1) is 26.2 Å². The van der Waals surface area contributed by atoms with Gasteiger partial charge in [0, 0.05) is 6.54 Å². The number of hydrogen-bond acceptors (Lipinski definition) is 5. The molecule has 1 aliphatic heterocycles. The lowest BCUT2D eigenvalue weighted by molar-refractivity contribution is -0.147. The molecular weight excluding hydrogens is 308 g/mol. The van der Waals surface area contributed by atoms with E-state index in [-0.39, 0.29) is 23.8 Å². The lowest BCUT2D eigenvalue weighted by Crippen LogP contribution is -2.48. The number of nitrogens with zero attached hydrogens (tertiary/aromatic N) is 1. The summed E-state index contributed by atoms with van der Waals surface area (Å²) in [6.07, 6.45) is 1.48. The highest BCUT2D eigenvalue weighted by molar-refractivity contribution is 5.81. The van der Waals surface area contributed by atoms with Gasteiger partial charge in [-0.25, -0.2) is 0 Å². The summed E-state index contributed by atoms with van der Waals surface area (Å²) in [5, 5.41) is 2.97. The van der Waals surface area contributed by atoms with Crippen molar-refractivity contribution in [1.29, 1.82) is 0 Å². The zero-order valence-electron chi connectivity index (χ0n) is 14.6. The Morgan fingerprint density at radius 3 is 2.38 bits per heavy atom. The summed E-state index contributed by atoms with van der Waals surface area (Å²) >= 11 is 0. The van der Waals surface area contributed by atoms with E-state index < -0.39 is 0 Å². The third-order valence-electron chi connectivity index (χ3n) is 4.62. The van der Waals surface area contributed by atoms with E-state index in [0.717, 1.165) is 37.2 Å². The van der Waals surface area contributed by atoms with Crippen molar-refractivity contribution in [3.05, 3.63) is 29.8 Å². The highest BCUT2D eigenvalue weighted by atomic mass is 16.5. The molecule has 0 saturated carbocycles. The Balaban J connectivity index is 1.78. The molecule has 24 heavy (non-hydrogen) atoms. The molecule has 2 rings (SSSR count). The zero-order chi connectivity index (χ0) is 17.5. The molecule has 6 nitrogen and oxygen atoms in total. The van der Waals surface area contributed by atoms with Crippen LogP contribution in [0.15, 0.2) is 24.3 Å². The van der Waals surface area contributed by atoms with E-state index in [4.69, 9.17) is 9.47 Å². The van der Waals surface area contributed by atoms with Crippen molar-refractivity contribution >= 4 is 11.9 Å². The molecule has 6 heteroatoms. The van der Waals surface area contributed by atoms with Gasteiger partial charge in [-0.05, 0) is 50.6 Å². The van der Waals surface area contributed by atoms with Gasteiger partial charge >= 0.3 is 5.97 Å². The van der Waals surface area contributed by atoms with E-state index in [1.54, 1.807) is 7.11 Å². The summed E-state index contributed by atoms with van der Waals surface area (Å²) in [5.41, 5.74) is 1.03. The Labute approximate surface area is 143 Å². The van der Waals surface area contributed by atoms with Gasteiger partial charge in [0.1, 0.15) is 5.75 Å². The number of ether oxygens (including phenoxy) is 2. The number of rotatable bonds is 6. The molecule has 132 valence electrons. The predicted molar refractivity (Wildman–Crippen MR) is 90.6 cm³/mol. The van der Waals surface area contributed by atoms with Crippen LogP contribution in [0.3, 0.4) is 0 Å². The SMILES string of the molecule is COC(=O)C1CCN([C@@H](C)C(=O)NCc2ccc(OC)cc2)CC1. The minimum absolute atomic E-state index is 0.00216. The van der Waals surface area contributed by atoms with Crippen LogP contribution in [0.2, 0.25) is 0 Å². The third-order valence-corrected chi connectivity index (χ3v) is 4.62. The Hall–Kier alpha value is -2.08. The maximum absolute atomic E-state index is 12.3. The lowest BCUT2D eigenvalue weighted by atomic mass is 9.96. The smallest absolute Gasteiger partial charge is 0.308 e. The maximum atomic E-state index is 12.3. The maximum Gasteiger partial charge on any atom is 0.308 e. The van der Waals surface area contributed by atoms with E-state index in [2.05, 4.69) is 10.2 Å². The monoisotopic (exact) mass is 334 g/mol. The zero-order valence-corrected chi connectivity index (χ0v) is 14.6. The average Bonchev–Trinajstić information content (AvgIpc) is 2.65. The fourth-order valence-corrected chi connectivity index (χ4v) is 2.94. The first-order valence-corrected chi connectivity index (χ1v) is 8.27. The molecule has 1 atom stereocenters. The van der Waals surface area contributed by atoms with Crippen molar-refractivity contribution in [3.8, 4) is 5.75 Å². The van der Waals surface area contributed by atoms with Crippen molar-refractivity contribution < 1.29 is 19.1 Å². The quantitative estimate of drug-likeness (QED) is 0.800. The lowest BCUT2D eigenvalue weighted by Gasteiger charge is -2.34. The molecule has 1 saturated heterocycles. The van der Waals surface area contributed by atoms with Crippen LogP contribution >= 0.6 is 0 Å². The number of benzene rings is 1. The van der Waals surface area contributed by atoms with Gasteiger partial charge in [-0.2, -0.15) is 0 Å². The highest BCUT2D eigenvalue weighted by Crippen LogP contribution is 2.20. The number of nitrogens with one attached hydrogen (secondary N) is 1. The number of piperidine rings is 1. The van der Waals surface area contributed by atoms with Crippen LogP contribution in [0.4, 0.5) is 0 Å². The number of hydrogen-bond donors (Lipinski definition) is 1. The molecule has 0 aromatic heterocycles. The number of amides is 1. The number of esters is 1. The number of carbonyl (C=O) groups excluding carboxylic acids is 2. The molecule has 1 N–H and O–H groups in total. The minimum Gasteiger partial charge on any atom is -0.497 e. The van der Waals surface area contributed by atoms with Gasteiger partial charge in [-0.3, -0.25) is 14.5 Å². The van der Waals surface area contributed by atoms with Crippen LogP contribution in [0.25, 0.3) is 0 Å². The Morgan fingerprint density at radius 1 is 1.21 bits per heavy atom. The highest BCUT2D eigenvalue weighted by Gasteiger charge is 2.30. The van der Waals surface area contributed by atoms with Gasteiger partial charge in [0.25, 0.3) is 0 Å². The molecule has 0 spiro atoms. The van der Waals surface area contributed by atoms with Crippen LogP contribution in [-0.4, -0.2) is 50.1 Å². The Morgan fingerprint density at radius 2 is 1.83 bits per heavy atom. The minimum atomic E-state index is -0.207. The fraction of sp³-hybridized carbons (Fsp3) is 0.556. The number of carbonyl (C=O) groups is 2. The second-order valence-electron chi connectivity index (χ2n) is 6.08. The van der Waals surface area contributed by atoms with E-state index in [0.29, 0.717) is 6.54 Å². The fourth-order valence-electron chi connectivity index (χ4n) is 2.94. The van der Waals surface area contributed by atoms with Crippen LogP contribution in [-0.2, 0) is 20.9 Å². The molecular formula is C18H26N2O4. The van der Waals surface area contributed by atoms with E-state index >= 15 is 0 Å². The van der Waals surface area contributed by atoms with Crippen LogP contribution in [0.1, 0.15) is 25.3 Å². The third kappa shape index (κ3) is 4.71. The first-order valence-electron chi connectivity index (χ1n) is 8.27. The van der Waals surface area contributed by atoms with Crippen molar-refractivity contribution in [3.63, 3.8) is 0 Å². The molecule has 0 radical (unpaired) electrons. The molecule has 0 aliphatic carbocycles. The topological polar surface area (TPSA) is 67.9 Å². The number of methoxy groups -OCH3 is 2. The van der Waals surface area contributed by atoms with Gasteiger partial charge in [-0.15, -0.1) is 0 Å². The first-order chi connectivity index (χ1) is 11.5. The van der Waals surface area contributed by atoms with E-state index in [9.17, 15) is 9.59 Å². The van der Waals surface area contributed by atoms with Crippen molar-refractivity contribution in [1.82, 2.24) is 10.2 Å². The van der Waals surface area contributed by atoms with E-state index in [1.807, 2.05) is 31.2 Å². The van der Waals surface area contributed by atoms with Gasteiger partial charge in [-0.1, -0.05) is 12.1 Å². The van der Waals surface area contributed by atoms with Gasteiger partial charge in [0.15, 0.2) is 0 Å². The van der Waals surface area contributed by atoms with Crippen molar-refractivity contribution in [2.45, 2.75) is 32.4 Å². The summed E-state index contributed by atoms with van der Waals surface area (Å²) in [5.74, 6) is 0.612.